The van der Waals surface area contributed by atoms with Gasteiger partial charge in [-0.2, -0.15) is 0 Å². The average molecular weight is 343 g/mol. The van der Waals surface area contributed by atoms with Crippen molar-refractivity contribution in [1.82, 2.24) is 0 Å². The van der Waals surface area contributed by atoms with Gasteiger partial charge in [0.05, 0.1) is 10.7 Å². The number of rotatable bonds is 5. The number of esters is 1. The van der Waals surface area contributed by atoms with Crippen LogP contribution in [-0.2, 0) is 4.79 Å². The highest BCUT2D eigenvalue weighted by atomic mass is 32.2. The SMILES string of the molecule is O=C(CSc1ccc(F)c(F)c1)Oc1cc(F)ccc1[N+](=O)[O-]. The second-order valence-corrected chi connectivity index (χ2v) is 5.26. The van der Waals surface area contributed by atoms with Crippen molar-refractivity contribution in [3.63, 3.8) is 0 Å². The molecule has 0 aromatic heterocycles. The minimum Gasteiger partial charge on any atom is -0.418 e. The van der Waals surface area contributed by atoms with E-state index in [9.17, 15) is 28.1 Å². The first kappa shape index (κ1) is 16.8. The molecule has 0 amide bonds. The van der Waals surface area contributed by atoms with Crippen LogP contribution in [0.2, 0.25) is 0 Å². The van der Waals surface area contributed by atoms with Crippen molar-refractivity contribution in [2.75, 3.05) is 5.75 Å². The first-order valence-corrected chi connectivity index (χ1v) is 7.08. The number of nitrogens with zero attached hydrogens (tertiary/aromatic N) is 1. The van der Waals surface area contributed by atoms with Crippen molar-refractivity contribution in [2.24, 2.45) is 0 Å². The van der Waals surface area contributed by atoms with Gasteiger partial charge in [-0.25, -0.2) is 13.2 Å². The zero-order chi connectivity index (χ0) is 17.0. The molecule has 0 unspecified atom stereocenters. The van der Waals surface area contributed by atoms with E-state index >= 15 is 0 Å². The summed E-state index contributed by atoms with van der Waals surface area (Å²) >= 11 is 0.844. The van der Waals surface area contributed by atoms with Gasteiger partial charge < -0.3 is 4.74 Å². The summed E-state index contributed by atoms with van der Waals surface area (Å²) in [6.45, 7) is 0. The molecule has 5 nitrogen and oxygen atoms in total. The van der Waals surface area contributed by atoms with Crippen LogP contribution in [0.15, 0.2) is 41.3 Å². The Morgan fingerprint density at radius 3 is 2.52 bits per heavy atom. The molecule has 2 aromatic rings. The van der Waals surface area contributed by atoms with Gasteiger partial charge in [-0.05, 0) is 24.3 Å². The number of hydrogen-bond donors (Lipinski definition) is 0. The van der Waals surface area contributed by atoms with Crippen LogP contribution in [-0.4, -0.2) is 16.6 Å². The molecule has 0 N–H and O–H groups in total. The van der Waals surface area contributed by atoms with Crippen molar-refractivity contribution in [3.05, 3.63) is 64.0 Å². The summed E-state index contributed by atoms with van der Waals surface area (Å²) in [5, 5.41) is 10.8. The highest BCUT2D eigenvalue weighted by molar-refractivity contribution is 8.00. The molecule has 2 rings (SSSR count). The molecule has 0 aliphatic heterocycles. The summed E-state index contributed by atoms with van der Waals surface area (Å²) in [5.74, 6) is -4.62. The Morgan fingerprint density at radius 2 is 1.87 bits per heavy atom. The van der Waals surface area contributed by atoms with Crippen molar-refractivity contribution in [2.45, 2.75) is 4.90 Å². The Bertz CT molecular complexity index is 770. The lowest BCUT2D eigenvalue weighted by atomic mass is 10.3. The van der Waals surface area contributed by atoms with Crippen LogP contribution in [0.4, 0.5) is 18.9 Å². The zero-order valence-corrected chi connectivity index (χ0v) is 12.1. The van der Waals surface area contributed by atoms with Crippen molar-refractivity contribution in [3.8, 4) is 5.75 Å². The van der Waals surface area contributed by atoms with Crippen LogP contribution in [0.3, 0.4) is 0 Å². The van der Waals surface area contributed by atoms with Gasteiger partial charge >= 0.3 is 11.7 Å². The molecule has 0 saturated carbocycles. The number of carbonyl (C=O) groups excluding carboxylic acids is 1. The van der Waals surface area contributed by atoms with Gasteiger partial charge in [-0.1, -0.05) is 0 Å². The molecule has 23 heavy (non-hydrogen) atoms. The number of carbonyl (C=O) groups is 1. The van der Waals surface area contributed by atoms with Crippen molar-refractivity contribution < 1.29 is 27.6 Å². The van der Waals surface area contributed by atoms with Crippen molar-refractivity contribution in [1.29, 1.82) is 0 Å². The lowest BCUT2D eigenvalue weighted by Crippen LogP contribution is -2.12. The van der Waals surface area contributed by atoms with Crippen LogP contribution in [0, 0.1) is 27.6 Å². The Hall–Kier alpha value is -2.55. The number of ether oxygens (including phenoxy) is 1. The number of hydrogen-bond acceptors (Lipinski definition) is 5. The molecule has 9 heteroatoms. The predicted molar refractivity (Wildman–Crippen MR) is 75.8 cm³/mol. The Labute approximate surface area is 132 Å². The lowest BCUT2D eigenvalue weighted by molar-refractivity contribution is -0.385. The lowest BCUT2D eigenvalue weighted by Gasteiger charge is -2.05. The maximum absolute atomic E-state index is 13.1. The first-order valence-electron chi connectivity index (χ1n) is 6.09. The van der Waals surface area contributed by atoms with Gasteiger partial charge in [0.1, 0.15) is 5.82 Å². The third-order valence-corrected chi connectivity index (χ3v) is 3.56. The summed E-state index contributed by atoms with van der Waals surface area (Å²) in [5.41, 5.74) is -0.558. The summed E-state index contributed by atoms with van der Waals surface area (Å²) in [6.07, 6.45) is 0. The standard InChI is InChI=1S/C14H8F3NO4S/c15-8-1-4-12(18(20)21)13(5-8)22-14(19)7-23-9-2-3-10(16)11(17)6-9/h1-6H,7H2. The van der Waals surface area contributed by atoms with E-state index < -0.39 is 39.8 Å². The molecular weight excluding hydrogens is 335 g/mol. The van der Waals surface area contributed by atoms with E-state index in [4.69, 9.17) is 4.74 Å². The summed E-state index contributed by atoms with van der Waals surface area (Å²) in [4.78, 5) is 21.9. The smallest absolute Gasteiger partial charge is 0.321 e. The number of nitro benzene ring substituents is 1. The minimum atomic E-state index is -1.07. The van der Waals surface area contributed by atoms with E-state index in [1.54, 1.807) is 0 Å². The van der Waals surface area contributed by atoms with Gasteiger partial charge in [-0.3, -0.25) is 14.9 Å². The maximum Gasteiger partial charge on any atom is 0.321 e. The van der Waals surface area contributed by atoms with Crippen LogP contribution in [0.25, 0.3) is 0 Å². The number of halogens is 3. The summed E-state index contributed by atoms with van der Waals surface area (Å²) in [6, 6.07) is 5.53. The predicted octanol–water partition coefficient (Wildman–Crippen LogP) is 3.71. The van der Waals surface area contributed by atoms with Gasteiger partial charge in [0.25, 0.3) is 0 Å². The van der Waals surface area contributed by atoms with Gasteiger partial charge in [0, 0.05) is 17.0 Å². The highest BCUT2D eigenvalue weighted by Gasteiger charge is 2.19. The summed E-state index contributed by atoms with van der Waals surface area (Å²) in [7, 11) is 0. The van der Waals surface area contributed by atoms with Crippen LogP contribution < -0.4 is 4.74 Å². The zero-order valence-electron chi connectivity index (χ0n) is 11.3. The molecule has 0 saturated heterocycles. The Morgan fingerprint density at radius 1 is 1.13 bits per heavy atom. The van der Waals surface area contributed by atoms with Crippen molar-refractivity contribution >= 4 is 23.4 Å². The average Bonchev–Trinajstić information content (AvgIpc) is 2.48. The van der Waals surface area contributed by atoms with E-state index in [2.05, 4.69) is 0 Å². The molecule has 2 aromatic carbocycles. The number of thioether (sulfide) groups is 1. The normalized spacial score (nSPS) is 10.4. The quantitative estimate of drug-likeness (QED) is 0.272. The van der Waals surface area contributed by atoms with Crippen LogP contribution >= 0.6 is 11.8 Å². The molecule has 120 valence electrons. The van der Waals surface area contributed by atoms with E-state index in [1.165, 1.54) is 6.07 Å². The van der Waals surface area contributed by atoms with E-state index in [-0.39, 0.29) is 10.6 Å². The molecule has 0 aliphatic rings. The first-order chi connectivity index (χ1) is 10.9. The highest BCUT2D eigenvalue weighted by Crippen LogP contribution is 2.28. The van der Waals surface area contributed by atoms with Gasteiger partial charge in [0.2, 0.25) is 5.75 Å². The molecule has 0 atom stereocenters. The fourth-order valence-electron chi connectivity index (χ4n) is 1.58. The number of nitro groups is 1. The van der Waals surface area contributed by atoms with Gasteiger partial charge in [0.15, 0.2) is 11.6 Å². The molecule has 0 radical (unpaired) electrons. The Kier molecular flexibility index (Phi) is 5.22. The van der Waals surface area contributed by atoms with E-state index in [0.717, 1.165) is 42.1 Å². The topological polar surface area (TPSA) is 69.4 Å². The second kappa shape index (κ2) is 7.14. The monoisotopic (exact) mass is 343 g/mol. The van der Waals surface area contributed by atoms with Gasteiger partial charge in [-0.15, -0.1) is 11.8 Å². The fraction of sp³-hybridized carbons (Fsp3) is 0.0714. The molecule has 0 aliphatic carbocycles. The molecular formula is C14H8F3NO4S. The third-order valence-electron chi connectivity index (χ3n) is 2.59. The van der Waals surface area contributed by atoms with Crippen LogP contribution in [0.5, 0.6) is 5.75 Å². The fourth-order valence-corrected chi connectivity index (χ4v) is 2.28. The Balaban J connectivity index is 2.03. The molecule has 0 heterocycles. The third kappa shape index (κ3) is 4.46. The van der Waals surface area contributed by atoms with E-state index in [1.807, 2.05) is 0 Å². The molecule has 0 bridgehead atoms. The van der Waals surface area contributed by atoms with E-state index in [0.29, 0.717) is 0 Å². The second-order valence-electron chi connectivity index (χ2n) is 4.21. The van der Waals surface area contributed by atoms with Crippen LogP contribution in [0.1, 0.15) is 0 Å². The molecule has 0 spiro atoms. The minimum absolute atomic E-state index is 0.273. The summed E-state index contributed by atoms with van der Waals surface area (Å²) < 4.78 is 43.6. The number of benzene rings is 2. The molecule has 0 fully saturated rings. The maximum atomic E-state index is 13.1. The largest absolute Gasteiger partial charge is 0.418 e.